The molecule has 0 saturated heterocycles. The second-order valence-corrected chi connectivity index (χ2v) is 8.81. The molecule has 0 radical (unpaired) electrons. The van der Waals surface area contributed by atoms with Gasteiger partial charge in [-0.25, -0.2) is 0 Å². The van der Waals surface area contributed by atoms with Gasteiger partial charge in [-0.3, -0.25) is 9.13 Å². The van der Waals surface area contributed by atoms with Gasteiger partial charge in [0.05, 0.1) is 0 Å². The molecule has 0 aliphatic rings. The van der Waals surface area contributed by atoms with Gasteiger partial charge in [0.1, 0.15) is 0 Å². The lowest BCUT2D eigenvalue weighted by atomic mass is 11.8. The quantitative estimate of drug-likeness (QED) is 0.598. The minimum atomic E-state index is -5.01. The van der Waals surface area contributed by atoms with E-state index in [0.717, 1.165) is 14.2 Å². The highest BCUT2D eigenvalue weighted by molar-refractivity contribution is 7.79. The van der Waals surface area contributed by atoms with Crippen LogP contribution in [0.2, 0.25) is 0 Å². The van der Waals surface area contributed by atoms with Crippen LogP contribution in [-0.2, 0) is 18.2 Å². The van der Waals surface area contributed by atoms with E-state index >= 15 is 0 Å². The molecule has 0 aliphatic heterocycles. The van der Waals surface area contributed by atoms with Crippen LogP contribution in [0.15, 0.2) is 0 Å². The fraction of sp³-hybridized carbons (Fsp3) is 1.00. The summed E-state index contributed by atoms with van der Waals surface area (Å²) in [4.78, 5) is 17.3. The lowest BCUT2D eigenvalue weighted by molar-refractivity contribution is 0.270. The van der Waals surface area contributed by atoms with Gasteiger partial charge in [0, 0.05) is 14.2 Å². The van der Waals surface area contributed by atoms with Gasteiger partial charge in [0.2, 0.25) is 0 Å². The zero-order valence-electron chi connectivity index (χ0n) is 6.68. The topological polar surface area (TPSA) is 93.1 Å². The van der Waals surface area contributed by atoms with Crippen molar-refractivity contribution in [2.45, 2.75) is 3.82 Å². The van der Waals surface area contributed by atoms with E-state index in [2.05, 4.69) is 9.05 Å². The molecule has 0 unspecified atom stereocenters. The van der Waals surface area contributed by atoms with Crippen molar-refractivity contribution < 1.29 is 28.0 Å². The van der Waals surface area contributed by atoms with Crippen LogP contribution in [0.1, 0.15) is 0 Å². The lowest BCUT2D eigenvalue weighted by Gasteiger charge is -2.26. The molecule has 0 atom stereocenters. The van der Waals surface area contributed by atoms with Gasteiger partial charge in [-0.15, -0.1) is 0 Å². The largest absolute Gasteiger partial charge is 0.378 e. The van der Waals surface area contributed by atoms with Crippen molar-refractivity contribution in [3.8, 4) is 0 Å². The molecule has 0 aromatic rings. The molecule has 0 heterocycles. The van der Waals surface area contributed by atoms with Crippen molar-refractivity contribution in [2.75, 3.05) is 14.2 Å². The van der Waals surface area contributed by atoms with Crippen LogP contribution in [0.3, 0.4) is 0 Å². The smallest absolute Gasteiger partial charge is 0.322 e. The Balaban J connectivity index is 5.26. The van der Waals surface area contributed by atoms with E-state index in [4.69, 9.17) is 33.0 Å². The number of hydrogen-bond donors (Lipinski definition) is 2. The summed E-state index contributed by atoms with van der Waals surface area (Å²) in [5.74, 6) is 0. The number of alkyl halides is 2. The third-order valence-corrected chi connectivity index (χ3v) is 7.56. The predicted octanol–water partition coefficient (Wildman–Crippen LogP) is 1.74. The molecule has 0 spiro atoms. The first-order chi connectivity index (χ1) is 5.62. The van der Waals surface area contributed by atoms with E-state index in [1.165, 1.54) is 0 Å². The molecule has 0 aromatic carbocycles. The van der Waals surface area contributed by atoms with E-state index in [-0.39, 0.29) is 0 Å². The molecule has 0 bridgehead atoms. The van der Waals surface area contributed by atoms with Gasteiger partial charge in [0.15, 0.2) is 0 Å². The average Bonchev–Trinajstić information content (AvgIpc) is 2.00. The van der Waals surface area contributed by atoms with Crippen LogP contribution >= 0.6 is 38.4 Å². The molecule has 0 rings (SSSR count). The van der Waals surface area contributed by atoms with Gasteiger partial charge in [-0.1, -0.05) is 23.2 Å². The van der Waals surface area contributed by atoms with Crippen LogP contribution in [0.4, 0.5) is 0 Å². The van der Waals surface area contributed by atoms with Crippen LogP contribution in [-0.4, -0.2) is 27.8 Å². The first kappa shape index (κ1) is 13.9. The average molecular weight is 273 g/mol. The van der Waals surface area contributed by atoms with Crippen LogP contribution in [0.25, 0.3) is 0 Å². The molecule has 0 saturated carbocycles. The zero-order valence-corrected chi connectivity index (χ0v) is 9.98. The standard InChI is InChI=1S/C3H8Cl2O6P2/c1-10-13(9,11-2)3(4,5)12(6,7)8/h1-2H3,(H2,6,7,8). The highest BCUT2D eigenvalue weighted by atomic mass is 35.5. The second kappa shape index (κ2) is 4.17. The van der Waals surface area contributed by atoms with Crippen molar-refractivity contribution in [1.29, 1.82) is 0 Å². The Labute approximate surface area is 84.8 Å². The number of hydrogen-bond acceptors (Lipinski definition) is 4. The predicted molar refractivity (Wildman–Crippen MR) is 48.1 cm³/mol. The van der Waals surface area contributed by atoms with Crippen molar-refractivity contribution in [1.82, 2.24) is 0 Å². The zero-order chi connectivity index (χ0) is 10.9. The summed E-state index contributed by atoms with van der Waals surface area (Å²) >= 11 is 10.4. The molecule has 10 heteroatoms. The minimum absolute atomic E-state index is 0.916. The van der Waals surface area contributed by atoms with Gasteiger partial charge >= 0.3 is 19.0 Å². The van der Waals surface area contributed by atoms with Crippen molar-refractivity contribution in [3.05, 3.63) is 0 Å². The number of rotatable bonds is 4. The van der Waals surface area contributed by atoms with Crippen molar-refractivity contribution in [3.63, 3.8) is 0 Å². The van der Waals surface area contributed by atoms with E-state index in [0.29, 0.717) is 0 Å². The summed E-state index contributed by atoms with van der Waals surface area (Å²) < 4.78 is 27.8. The SMILES string of the molecule is COP(=O)(OC)C(Cl)(Cl)P(=O)(O)O. The molecule has 2 N–H and O–H groups in total. The maximum Gasteiger partial charge on any atom is 0.378 e. The van der Waals surface area contributed by atoms with Crippen LogP contribution in [0, 0.1) is 0 Å². The summed E-state index contributed by atoms with van der Waals surface area (Å²) in [6, 6.07) is 0. The Morgan fingerprint density at radius 1 is 1.15 bits per heavy atom. The fourth-order valence-corrected chi connectivity index (χ4v) is 3.64. The highest BCUT2D eigenvalue weighted by Gasteiger charge is 2.60. The van der Waals surface area contributed by atoms with E-state index in [1.54, 1.807) is 0 Å². The molecule has 6 nitrogen and oxygen atoms in total. The normalized spacial score (nSPS) is 14.6. The Hall–Kier alpha value is 0.880. The second-order valence-electron chi connectivity index (χ2n) is 1.92. The van der Waals surface area contributed by atoms with Gasteiger partial charge in [0.25, 0.3) is 0 Å². The van der Waals surface area contributed by atoms with E-state index in [9.17, 15) is 9.13 Å². The van der Waals surface area contributed by atoms with Gasteiger partial charge in [-0.2, -0.15) is 0 Å². The van der Waals surface area contributed by atoms with E-state index < -0.39 is 19.0 Å². The van der Waals surface area contributed by atoms with Crippen LogP contribution < -0.4 is 0 Å². The first-order valence-electron chi connectivity index (χ1n) is 2.77. The molecule has 0 aliphatic carbocycles. The van der Waals surface area contributed by atoms with E-state index in [1.807, 2.05) is 0 Å². The summed E-state index contributed by atoms with van der Waals surface area (Å²) in [6.07, 6.45) is 0. The Kier molecular flexibility index (Phi) is 4.45. The molecule has 0 aromatic heterocycles. The molecule has 13 heavy (non-hydrogen) atoms. The Morgan fingerprint density at radius 3 is 1.54 bits per heavy atom. The lowest BCUT2D eigenvalue weighted by Crippen LogP contribution is -2.16. The Morgan fingerprint density at radius 2 is 1.46 bits per heavy atom. The first-order valence-corrected chi connectivity index (χ1v) is 6.68. The summed E-state index contributed by atoms with van der Waals surface area (Å²) in [6.45, 7) is 0. The summed E-state index contributed by atoms with van der Waals surface area (Å²) in [5.41, 5.74) is 0. The van der Waals surface area contributed by atoms with Crippen molar-refractivity contribution in [2.24, 2.45) is 0 Å². The number of halogens is 2. The van der Waals surface area contributed by atoms with Gasteiger partial charge in [-0.05, 0) is 0 Å². The minimum Gasteiger partial charge on any atom is -0.322 e. The maximum absolute atomic E-state index is 11.4. The third-order valence-electron chi connectivity index (χ3n) is 1.16. The Bertz CT molecular complexity index is 263. The van der Waals surface area contributed by atoms with Crippen molar-refractivity contribution >= 4 is 38.4 Å². The molecular formula is C3H8Cl2O6P2. The summed E-state index contributed by atoms with van der Waals surface area (Å²) in [5, 5.41) is 0. The molecule has 80 valence electrons. The monoisotopic (exact) mass is 272 g/mol. The molecule has 0 amide bonds. The van der Waals surface area contributed by atoms with Crippen LogP contribution in [0.5, 0.6) is 0 Å². The summed E-state index contributed by atoms with van der Waals surface area (Å²) in [7, 11) is -7.41. The molecular weight excluding hydrogens is 265 g/mol. The highest BCUT2D eigenvalue weighted by Crippen LogP contribution is 2.77. The van der Waals surface area contributed by atoms with Gasteiger partial charge < -0.3 is 18.8 Å². The maximum atomic E-state index is 11.4. The fourth-order valence-electron chi connectivity index (χ4n) is 0.454. The molecule has 0 fully saturated rings. The third kappa shape index (κ3) is 2.46.